The van der Waals surface area contributed by atoms with E-state index in [0.717, 1.165) is 57.8 Å². The number of nitrogens with one attached hydrogen (secondary N) is 1. The van der Waals surface area contributed by atoms with Gasteiger partial charge in [0.1, 0.15) is 0 Å². The first-order chi connectivity index (χ1) is 24.4. The van der Waals surface area contributed by atoms with Crippen molar-refractivity contribution in [2.45, 2.75) is 167 Å². The SMILES string of the molecule is CCCCCCCCCCCCCCC(CC(=O)NCCCCCCCCCCCCC(=O)c1ccc(C(=O)c2ccccc2)cc1)C(=O)O. The standard InChI is InChI=1S/C44H67NO5/c1-2-3-4-5-6-7-8-9-12-15-18-22-29-40(44(49)50)36-42(47)45-35-26-20-17-14-11-10-13-16-19-25-30-41(46)37-31-33-39(34-32-37)43(48)38-27-23-21-24-28-38/h21,23-24,27-28,31-34,40H,2-20,22,25-26,29-30,35-36H2,1H3,(H,45,47)(H,49,50). The molecule has 278 valence electrons. The summed E-state index contributed by atoms with van der Waals surface area (Å²) in [7, 11) is 0. The maximum atomic E-state index is 12.6. The largest absolute Gasteiger partial charge is 0.481 e. The summed E-state index contributed by atoms with van der Waals surface area (Å²) in [6, 6.07) is 16.2. The summed E-state index contributed by atoms with van der Waals surface area (Å²) >= 11 is 0. The number of carboxylic acid groups (broad SMARTS) is 1. The molecule has 0 saturated carbocycles. The Morgan fingerprint density at radius 3 is 1.50 bits per heavy atom. The predicted molar refractivity (Wildman–Crippen MR) is 206 cm³/mol. The van der Waals surface area contributed by atoms with Crippen molar-refractivity contribution < 1.29 is 24.3 Å². The second kappa shape index (κ2) is 28.4. The van der Waals surface area contributed by atoms with Crippen LogP contribution in [0.5, 0.6) is 0 Å². The van der Waals surface area contributed by atoms with Gasteiger partial charge in [-0.15, -0.1) is 0 Å². The van der Waals surface area contributed by atoms with Crippen LogP contribution in [-0.2, 0) is 9.59 Å². The first-order valence-corrected chi connectivity index (χ1v) is 20.1. The van der Waals surface area contributed by atoms with E-state index in [1.807, 2.05) is 18.2 Å². The third-order valence-corrected chi connectivity index (χ3v) is 9.85. The van der Waals surface area contributed by atoms with Gasteiger partial charge < -0.3 is 10.4 Å². The summed E-state index contributed by atoms with van der Waals surface area (Å²) in [4.78, 5) is 49.2. The summed E-state index contributed by atoms with van der Waals surface area (Å²) < 4.78 is 0. The van der Waals surface area contributed by atoms with Gasteiger partial charge in [-0.25, -0.2) is 0 Å². The Hall–Kier alpha value is -3.28. The smallest absolute Gasteiger partial charge is 0.307 e. The normalized spacial score (nSPS) is 11.7. The zero-order chi connectivity index (χ0) is 36.1. The zero-order valence-electron chi connectivity index (χ0n) is 31.2. The lowest BCUT2D eigenvalue weighted by Gasteiger charge is -2.12. The van der Waals surface area contributed by atoms with Gasteiger partial charge in [-0.05, 0) is 19.3 Å². The van der Waals surface area contributed by atoms with E-state index in [9.17, 15) is 24.3 Å². The van der Waals surface area contributed by atoms with Crippen LogP contribution >= 0.6 is 0 Å². The summed E-state index contributed by atoms with van der Waals surface area (Å²) in [6.45, 7) is 2.87. The number of unbranched alkanes of at least 4 members (excludes halogenated alkanes) is 20. The number of carbonyl (C=O) groups is 4. The fourth-order valence-corrected chi connectivity index (χ4v) is 6.60. The van der Waals surface area contributed by atoms with Gasteiger partial charge in [0.15, 0.2) is 11.6 Å². The molecule has 1 unspecified atom stereocenters. The second-order valence-electron chi connectivity index (χ2n) is 14.2. The monoisotopic (exact) mass is 690 g/mol. The molecule has 1 amide bonds. The molecule has 0 aliphatic rings. The Labute approximate surface area is 303 Å². The minimum atomic E-state index is -0.850. The number of Topliss-reactive ketones (excluding diaryl/α,β-unsaturated/α-hetero) is 1. The van der Waals surface area contributed by atoms with Gasteiger partial charge in [-0.3, -0.25) is 19.2 Å². The number of hydrogen-bond donors (Lipinski definition) is 2. The predicted octanol–water partition coefficient (Wildman–Crippen LogP) is 11.7. The molecule has 50 heavy (non-hydrogen) atoms. The van der Waals surface area contributed by atoms with Gasteiger partial charge in [-0.2, -0.15) is 0 Å². The average Bonchev–Trinajstić information content (AvgIpc) is 3.13. The Morgan fingerprint density at radius 2 is 0.980 bits per heavy atom. The molecule has 2 aromatic rings. The lowest BCUT2D eigenvalue weighted by molar-refractivity contribution is -0.144. The van der Waals surface area contributed by atoms with Crippen molar-refractivity contribution in [3.8, 4) is 0 Å². The van der Waals surface area contributed by atoms with Crippen LogP contribution in [0.1, 0.15) is 194 Å². The maximum absolute atomic E-state index is 12.6. The van der Waals surface area contributed by atoms with E-state index in [1.54, 1.807) is 36.4 Å². The lowest BCUT2D eigenvalue weighted by Crippen LogP contribution is -2.29. The maximum Gasteiger partial charge on any atom is 0.307 e. The van der Waals surface area contributed by atoms with Crippen molar-refractivity contribution in [3.63, 3.8) is 0 Å². The van der Waals surface area contributed by atoms with E-state index in [0.29, 0.717) is 36.1 Å². The van der Waals surface area contributed by atoms with Crippen LogP contribution in [-0.4, -0.2) is 35.1 Å². The molecule has 0 bridgehead atoms. The van der Waals surface area contributed by atoms with Crippen molar-refractivity contribution in [1.82, 2.24) is 5.32 Å². The van der Waals surface area contributed by atoms with Crippen molar-refractivity contribution in [1.29, 1.82) is 0 Å². The molecule has 0 aliphatic carbocycles. The number of benzene rings is 2. The number of carboxylic acids is 1. The number of ketones is 2. The average molecular weight is 690 g/mol. The minimum Gasteiger partial charge on any atom is -0.481 e. The minimum absolute atomic E-state index is 0.0314. The van der Waals surface area contributed by atoms with Gasteiger partial charge in [-0.1, -0.05) is 190 Å². The van der Waals surface area contributed by atoms with Gasteiger partial charge in [0, 0.05) is 36.1 Å². The highest BCUT2D eigenvalue weighted by atomic mass is 16.4. The van der Waals surface area contributed by atoms with Crippen molar-refractivity contribution >= 4 is 23.4 Å². The second-order valence-corrected chi connectivity index (χ2v) is 14.2. The molecular formula is C44H67NO5. The van der Waals surface area contributed by atoms with Crippen LogP contribution in [0.25, 0.3) is 0 Å². The van der Waals surface area contributed by atoms with E-state index in [-0.39, 0.29) is 23.9 Å². The quantitative estimate of drug-likeness (QED) is 0.0588. The number of amides is 1. The molecule has 0 saturated heterocycles. The number of hydrogen-bond acceptors (Lipinski definition) is 4. The van der Waals surface area contributed by atoms with Crippen LogP contribution in [0.2, 0.25) is 0 Å². The van der Waals surface area contributed by atoms with E-state index in [4.69, 9.17) is 0 Å². The molecule has 0 aromatic heterocycles. The lowest BCUT2D eigenvalue weighted by atomic mass is 9.96. The van der Waals surface area contributed by atoms with Crippen molar-refractivity contribution in [3.05, 3.63) is 71.3 Å². The van der Waals surface area contributed by atoms with Crippen LogP contribution in [0.15, 0.2) is 54.6 Å². The molecular weight excluding hydrogens is 622 g/mol. The molecule has 0 aliphatic heterocycles. The van der Waals surface area contributed by atoms with Gasteiger partial charge in [0.05, 0.1) is 5.92 Å². The molecule has 1 atom stereocenters. The van der Waals surface area contributed by atoms with Crippen LogP contribution in [0.3, 0.4) is 0 Å². The van der Waals surface area contributed by atoms with E-state index >= 15 is 0 Å². The molecule has 2 aromatic carbocycles. The Kier molecular flexibility index (Phi) is 24.4. The number of carbonyl (C=O) groups excluding carboxylic acids is 3. The van der Waals surface area contributed by atoms with Crippen LogP contribution < -0.4 is 5.32 Å². The molecule has 2 rings (SSSR count). The van der Waals surface area contributed by atoms with E-state index in [1.165, 1.54) is 83.5 Å². The molecule has 6 nitrogen and oxygen atoms in total. The molecule has 0 spiro atoms. The van der Waals surface area contributed by atoms with Gasteiger partial charge >= 0.3 is 5.97 Å². The Balaban J connectivity index is 1.38. The highest BCUT2D eigenvalue weighted by Crippen LogP contribution is 2.18. The van der Waals surface area contributed by atoms with Crippen molar-refractivity contribution in [2.75, 3.05) is 6.54 Å². The Bertz CT molecular complexity index is 1190. The van der Waals surface area contributed by atoms with Crippen LogP contribution in [0.4, 0.5) is 0 Å². The summed E-state index contributed by atoms with van der Waals surface area (Å²) in [6.07, 6.45) is 27.3. The summed E-state index contributed by atoms with van der Waals surface area (Å²) in [5, 5.41) is 12.5. The molecule has 0 radical (unpaired) electrons. The topological polar surface area (TPSA) is 101 Å². The fourth-order valence-electron chi connectivity index (χ4n) is 6.60. The third kappa shape index (κ3) is 20.4. The van der Waals surface area contributed by atoms with Gasteiger partial charge in [0.25, 0.3) is 0 Å². The van der Waals surface area contributed by atoms with Gasteiger partial charge in [0.2, 0.25) is 5.91 Å². The molecule has 6 heteroatoms. The van der Waals surface area contributed by atoms with E-state index < -0.39 is 11.9 Å². The number of aliphatic carboxylic acids is 1. The fraction of sp³-hybridized carbons (Fsp3) is 0.636. The third-order valence-electron chi connectivity index (χ3n) is 9.85. The highest BCUT2D eigenvalue weighted by Gasteiger charge is 2.20. The zero-order valence-corrected chi connectivity index (χ0v) is 31.2. The summed E-state index contributed by atoms with van der Waals surface area (Å²) in [5.41, 5.74) is 1.92. The number of rotatable bonds is 32. The molecule has 2 N–H and O–H groups in total. The Morgan fingerprint density at radius 1 is 0.540 bits per heavy atom. The first kappa shape index (κ1) is 42.9. The highest BCUT2D eigenvalue weighted by molar-refractivity contribution is 6.09. The molecule has 0 heterocycles. The van der Waals surface area contributed by atoms with Crippen molar-refractivity contribution in [2.24, 2.45) is 5.92 Å². The molecule has 0 fully saturated rings. The first-order valence-electron chi connectivity index (χ1n) is 20.1. The summed E-state index contributed by atoms with van der Waals surface area (Å²) in [5.74, 6) is -1.45. The van der Waals surface area contributed by atoms with Crippen LogP contribution in [0, 0.1) is 5.92 Å². The van der Waals surface area contributed by atoms with E-state index in [2.05, 4.69) is 12.2 Å².